The molecule has 0 unspecified atom stereocenters. The first-order chi connectivity index (χ1) is 14.4. The van der Waals surface area contributed by atoms with Crippen molar-refractivity contribution in [2.45, 2.75) is 44.6 Å². The van der Waals surface area contributed by atoms with Crippen LogP contribution in [0.25, 0.3) is 10.9 Å². The summed E-state index contributed by atoms with van der Waals surface area (Å²) in [4.78, 5) is 29.0. The number of hydrogen-bond acceptors (Lipinski definition) is 4. The maximum absolute atomic E-state index is 12.8. The number of aliphatic hydroxyl groups is 1. The first kappa shape index (κ1) is 20.7. The van der Waals surface area contributed by atoms with Crippen LogP contribution >= 0.6 is 0 Å². The SMILES string of the molecule is CCCC(=O)N1CC2(C1)CN(C(=O)CC)[C@@H](CO)c1c2c2ccc(OC)cc2n1C. The minimum absolute atomic E-state index is 0.0280. The predicted molar refractivity (Wildman–Crippen MR) is 114 cm³/mol. The van der Waals surface area contributed by atoms with Gasteiger partial charge in [0, 0.05) is 56.7 Å². The van der Waals surface area contributed by atoms with Gasteiger partial charge in [0.25, 0.3) is 0 Å². The fraction of sp³-hybridized carbons (Fsp3) is 0.565. The number of methoxy groups -OCH3 is 1. The van der Waals surface area contributed by atoms with Gasteiger partial charge < -0.3 is 24.2 Å². The maximum atomic E-state index is 12.8. The van der Waals surface area contributed by atoms with Crippen molar-refractivity contribution < 1.29 is 19.4 Å². The lowest BCUT2D eigenvalue weighted by molar-refractivity contribution is -0.145. The molecule has 2 aliphatic rings. The van der Waals surface area contributed by atoms with Crippen LogP contribution in [0.4, 0.5) is 0 Å². The molecule has 1 aromatic carbocycles. The van der Waals surface area contributed by atoms with E-state index in [1.54, 1.807) is 7.11 Å². The van der Waals surface area contributed by atoms with Gasteiger partial charge in [0.2, 0.25) is 11.8 Å². The van der Waals surface area contributed by atoms with Crippen molar-refractivity contribution in [3.05, 3.63) is 29.5 Å². The highest BCUT2D eigenvalue weighted by Gasteiger charge is 2.55. The number of benzene rings is 1. The third-order valence-corrected chi connectivity index (χ3v) is 6.75. The summed E-state index contributed by atoms with van der Waals surface area (Å²) in [6.45, 7) is 5.47. The van der Waals surface area contributed by atoms with Crippen molar-refractivity contribution in [1.82, 2.24) is 14.4 Å². The van der Waals surface area contributed by atoms with Gasteiger partial charge in [0.15, 0.2) is 0 Å². The number of hydrogen-bond donors (Lipinski definition) is 1. The van der Waals surface area contributed by atoms with E-state index in [1.807, 2.05) is 42.8 Å². The number of rotatable bonds is 5. The van der Waals surface area contributed by atoms with Crippen LogP contribution in [0, 0.1) is 0 Å². The molecule has 2 aliphatic heterocycles. The van der Waals surface area contributed by atoms with E-state index in [4.69, 9.17) is 4.74 Å². The zero-order chi connectivity index (χ0) is 21.6. The normalized spacial score (nSPS) is 19.7. The number of aliphatic hydroxyl groups excluding tert-OH is 1. The summed E-state index contributed by atoms with van der Waals surface area (Å²) in [5.41, 5.74) is 2.85. The van der Waals surface area contributed by atoms with Crippen molar-refractivity contribution in [3.63, 3.8) is 0 Å². The quantitative estimate of drug-likeness (QED) is 0.817. The van der Waals surface area contributed by atoms with Gasteiger partial charge in [-0.3, -0.25) is 9.59 Å². The Morgan fingerprint density at radius 3 is 2.53 bits per heavy atom. The topological polar surface area (TPSA) is 75.0 Å². The van der Waals surface area contributed by atoms with Gasteiger partial charge in [-0.25, -0.2) is 0 Å². The lowest BCUT2D eigenvalue weighted by Crippen LogP contribution is -2.68. The Balaban J connectivity index is 1.88. The van der Waals surface area contributed by atoms with Gasteiger partial charge >= 0.3 is 0 Å². The molecule has 0 radical (unpaired) electrons. The molecule has 1 saturated heterocycles. The monoisotopic (exact) mass is 413 g/mol. The molecule has 1 N–H and O–H groups in total. The zero-order valence-electron chi connectivity index (χ0n) is 18.3. The Bertz CT molecular complexity index is 990. The molecular weight excluding hydrogens is 382 g/mol. The Morgan fingerprint density at radius 1 is 1.20 bits per heavy atom. The molecule has 2 aromatic rings. The number of carbonyl (C=O) groups is 2. The van der Waals surface area contributed by atoms with E-state index >= 15 is 0 Å². The van der Waals surface area contributed by atoms with Gasteiger partial charge in [0.1, 0.15) is 5.75 Å². The summed E-state index contributed by atoms with van der Waals surface area (Å²) in [5.74, 6) is 0.967. The third-order valence-electron chi connectivity index (χ3n) is 6.75. The predicted octanol–water partition coefficient (Wildman–Crippen LogP) is 2.35. The summed E-state index contributed by atoms with van der Waals surface area (Å²) in [6, 6.07) is 5.63. The standard InChI is InChI=1S/C23H31N3O4/c1-5-7-20(29)25-12-23(13-25)14-26(19(28)6-2)18(11-27)22-21(23)16-9-8-15(30-4)10-17(16)24(22)3/h8-10,18,27H,5-7,11-14H2,1-4H3/t18-/m0/s1. The average molecular weight is 414 g/mol. The van der Waals surface area contributed by atoms with E-state index in [9.17, 15) is 14.7 Å². The highest BCUT2D eigenvalue weighted by molar-refractivity contribution is 5.90. The molecule has 0 aliphatic carbocycles. The minimum Gasteiger partial charge on any atom is -0.497 e. The van der Waals surface area contributed by atoms with Crippen LogP contribution in [0.3, 0.4) is 0 Å². The zero-order valence-corrected chi connectivity index (χ0v) is 18.3. The highest BCUT2D eigenvalue weighted by Crippen LogP contribution is 2.49. The Kier molecular flexibility index (Phi) is 5.26. The number of likely N-dealkylation sites (tertiary alicyclic amines) is 1. The van der Waals surface area contributed by atoms with Crippen LogP contribution in [-0.4, -0.2) is 64.6 Å². The van der Waals surface area contributed by atoms with E-state index in [-0.39, 0.29) is 29.9 Å². The molecule has 3 heterocycles. The second-order valence-corrected chi connectivity index (χ2v) is 8.56. The van der Waals surface area contributed by atoms with E-state index in [0.717, 1.165) is 28.8 Å². The lowest BCUT2D eigenvalue weighted by atomic mass is 9.68. The highest BCUT2D eigenvalue weighted by atomic mass is 16.5. The minimum atomic E-state index is -0.387. The molecule has 2 amide bonds. The smallest absolute Gasteiger partial charge is 0.222 e. The summed E-state index contributed by atoms with van der Waals surface area (Å²) in [7, 11) is 3.63. The number of nitrogens with zero attached hydrogens (tertiary/aromatic N) is 3. The number of amides is 2. The molecular formula is C23H31N3O4. The van der Waals surface area contributed by atoms with Crippen LogP contribution in [-0.2, 0) is 22.1 Å². The van der Waals surface area contributed by atoms with Gasteiger partial charge in [-0.05, 0) is 24.1 Å². The molecule has 162 valence electrons. The van der Waals surface area contributed by atoms with Crippen LogP contribution in [0.15, 0.2) is 18.2 Å². The fourth-order valence-corrected chi connectivity index (χ4v) is 5.31. The second-order valence-electron chi connectivity index (χ2n) is 8.56. The lowest BCUT2D eigenvalue weighted by Gasteiger charge is -2.56. The molecule has 1 fully saturated rings. The molecule has 7 nitrogen and oxygen atoms in total. The van der Waals surface area contributed by atoms with Crippen molar-refractivity contribution in [3.8, 4) is 5.75 Å². The van der Waals surface area contributed by atoms with E-state index in [1.165, 1.54) is 5.56 Å². The second kappa shape index (κ2) is 7.61. The molecule has 1 aromatic heterocycles. The summed E-state index contributed by atoms with van der Waals surface area (Å²) >= 11 is 0. The Morgan fingerprint density at radius 2 is 1.93 bits per heavy atom. The van der Waals surface area contributed by atoms with Crippen molar-refractivity contribution in [1.29, 1.82) is 0 Å². The van der Waals surface area contributed by atoms with E-state index in [2.05, 4.69) is 10.6 Å². The number of aromatic nitrogens is 1. The van der Waals surface area contributed by atoms with Crippen molar-refractivity contribution >= 4 is 22.7 Å². The Labute approximate surface area is 177 Å². The first-order valence-electron chi connectivity index (χ1n) is 10.8. The summed E-state index contributed by atoms with van der Waals surface area (Å²) < 4.78 is 7.51. The molecule has 1 spiro atoms. The molecule has 7 heteroatoms. The maximum Gasteiger partial charge on any atom is 0.222 e. The number of fused-ring (bicyclic) bond motifs is 4. The van der Waals surface area contributed by atoms with Gasteiger partial charge in [-0.1, -0.05) is 13.8 Å². The first-order valence-corrected chi connectivity index (χ1v) is 10.8. The molecule has 4 rings (SSSR count). The molecule has 30 heavy (non-hydrogen) atoms. The number of ether oxygens (including phenoxy) is 1. The third kappa shape index (κ3) is 2.90. The van der Waals surface area contributed by atoms with Crippen LogP contribution in [0.5, 0.6) is 5.75 Å². The van der Waals surface area contributed by atoms with E-state index in [0.29, 0.717) is 32.5 Å². The van der Waals surface area contributed by atoms with Crippen molar-refractivity contribution in [2.24, 2.45) is 7.05 Å². The van der Waals surface area contributed by atoms with Gasteiger partial charge in [-0.2, -0.15) is 0 Å². The summed E-state index contributed by atoms with van der Waals surface area (Å²) in [6.07, 6.45) is 1.76. The fourth-order valence-electron chi connectivity index (χ4n) is 5.31. The van der Waals surface area contributed by atoms with Crippen LogP contribution < -0.4 is 4.74 Å². The number of aryl methyl sites for hydroxylation is 1. The molecule has 0 saturated carbocycles. The van der Waals surface area contributed by atoms with Crippen LogP contribution in [0.1, 0.15) is 50.4 Å². The molecule has 1 atom stereocenters. The number of carbonyl (C=O) groups excluding carboxylic acids is 2. The Hall–Kier alpha value is -2.54. The van der Waals surface area contributed by atoms with Crippen LogP contribution in [0.2, 0.25) is 0 Å². The molecule has 0 bridgehead atoms. The summed E-state index contributed by atoms with van der Waals surface area (Å²) in [5, 5.41) is 11.4. The van der Waals surface area contributed by atoms with E-state index < -0.39 is 0 Å². The van der Waals surface area contributed by atoms with Gasteiger partial charge in [-0.15, -0.1) is 0 Å². The average Bonchev–Trinajstić information content (AvgIpc) is 3.03. The van der Waals surface area contributed by atoms with Gasteiger partial charge in [0.05, 0.1) is 30.7 Å². The van der Waals surface area contributed by atoms with Crippen molar-refractivity contribution in [2.75, 3.05) is 33.4 Å². The largest absolute Gasteiger partial charge is 0.497 e.